The van der Waals surface area contributed by atoms with Crippen LogP contribution in [0.2, 0.25) is 0 Å². The number of anilines is 1. The van der Waals surface area contributed by atoms with E-state index in [1.807, 2.05) is 17.5 Å². The quantitative estimate of drug-likeness (QED) is 0.743. The van der Waals surface area contributed by atoms with Gasteiger partial charge in [0.15, 0.2) is 6.61 Å². The van der Waals surface area contributed by atoms with Crippen LogP contribution in [0.5, 0.6) is 5.75 Å². The van der Waals surface area contributed by atoms with Crippen molar-refractivity contribution in [2.24, 2.45) is 0 Å². The Morgan fingerprint density at radius 1 is 1.21 bits per heavy atom. The van der Waals surface area contributed by atoms with Crippen molar-refractivity contribution >= 4 is 38.9 Å². The summed E-state index contributed by atoms with van der Waals surface area (Å²) in [6.45, 7) is 1.02. The standard InChI is InChI=1S/C19H21N3O5S2/c23-18(20-11-14-4-3-9-28-14)12-22-16-6-5-15(10-17(16)27-13-19(22)24)29(25,26)21-7-1-2-8-21/h3-6,9-10H,1-2,7-8,11-13H2,(H,20,23). The number of nitrogens with zero attached hydrogens (tertiary/aromatic N) is 2. The van der Waals surface area contributed by atoms with Gasteiger partial charge in [-0.3, -0.25) is 14.5 Å². The van der Waals surface area contributed by atoms with E-state index in [9.17, 15) is 18.0 Å². The zero-order valence-corrected chi connectivity index (χ0v) is 17.3. The molecule has 0 radical (unpaired) electrons. The SMILES string of the molecule is O=C(CN1C(=O)COc2cc(S(=O)(=O)N3CCCC3)ccc21)NCc1cccs1. The molecular formula is C19H21N3O5S2. The first-order valence-corrected chi connectivity index (χ1v) is 11.6. The molecule has 0 spiro atoms. The van der Waals surface area contributed by atoms with Crippen molar-refractivity contribution in [1.82, 2.24) is 9.62 Å². The van der Waals surface area contributed by atoms with Gasteiger partial charge in [-0.2, -0.15) is 4.31 Å². The van der Waals surface area contributed by atoms with Gasteiger partial charge in [0.25, 0.3) is 5.91 Å². The third-order valence-corrected chi connectivity index (χ3v) is 7.69. The summed E-state index contributed by atoms with van der Waals surface area (Å²) in [5.74, 6) is -0.358. The summed E-state index contributed by atoms with van der Waals surface area (Å²) in [6.07, 6.45) is 1.70. The van der Waals surface area contributed by atoms with Crippen LogP contribution < -0.4 is 15.0 Å². The third-order valence-electron chi connectivity index (χ3n) is 4.92. The van der Waals surface area contributed by atoms with E-state index in [2.05, 4.69) is 5.32 Å². The van der Waals surface area contributed by atoms with E-state index in [4.69, 9.17) is 4.74 Å². The van der Waals surface area contributed by atoms with Crippen LogP contribution >= 0.6 is 11.3 Å². The van der Waals surface area contributed by atoms with Crippen LogP contribution in [0.3, 0.4) is 0 Å². The molecular weight excluding hydrogens is 414 g/mol. The molecule has 1 N–H and O–H groups in total. The van der Waals surface area contributed by atoms with Crippen molar-refractivity contribution in [2.75, 3.05) is 31.1 Å². The van der Waals surface area contributed by atoms with Crippen LogP contribution in [-0.4, -0.2) is 50.8 Å². The Labute approximate surface area is 173 Å². The van der Waals surface area contributed by atoms with Gasteiger partial charge in [0.05, 0.1) is 17.1 Å². The molecule has 4 rings (SSSR count). The highest BCUT2D eigenvalue weighted by atomic mass is 32.2. The van der Waals surface area contributed by atoms with E-state index in [0.29, 0.717) is 25.3 Å². The highest BCUT2D eigenvalue weighted by Crippen LogP contribution is 2.35. The van der Waals surface area contributed by atoms with Gasteiger partial charge in [-0.25, -0.2) is 8.42 Å². The smallest absolute Gasteiger partial charge is 0.265 e. The second-order valence-electron chi connectivity index (χ2n) is 6.87. The number of carbonyl (C=O) groups is 2. The highest BCUT2D eigenvalue weighted by molar-refractivity contribution is 7.89. The van der Waals surface area contributed by atoms with Gasteiger partial charge in [-0.1, -0.05) is 6.07 Å². The van der Waals surface area contributed by atoms with E-state index in [-0.39, 0.29) is 35.6 Å². The predicted octanol–water partition coefficient (Wildman–Crippen LogP) is 1.57. The fourth-order valence-corrected chi connectivity index (χ4v) is 5.57. The van der Waals surface area contributed by atoms with Crippen LogP contribution in [0, 0.1) is 0 Å². The first-order chi connectivity index (χ1) is 13.9. The zero-order valence-electron chi connectivity index (χ0n) is 15.7. The molecule has 0 unspecified atom stereocenters. The molecule has 1 aromatic carbocycles. The van der Waals surface area contributed by atoms with Gasteiger partial charge >= 0.3 is 0 Å². The Kier molecular flexibility index (Phi) is 5.57. The molecule has 0 bridgehead atoms. The van der Waals surface area contributed by atoms with E-state index in [0.717, 1.165) is 17.7 Å². The minimum atomic E-state index is -3.59. The second kappa shape index (κ2) is 8.13. The van der Waals surface area contributed by atoms with Crippen LogP contribution in [0.25, 0.3) is 0 Å². The molecule has 0 saturated carbocycles. The van der Waals surface area contributed by atoms with Crippen LogP contribution in [0.1, 0.15) is 17.7 Å². The molecule has 2 aromatic rings. The summed E-state index contributed by atoms with van der Waals surface area (Å²) in [5, 5.41) is 4.72. The number of benzene rings is 1. The number of nitrogens with one attached hydrogen (secondary N) is 1. The molecule has 1 saturated heterocycles. The summed E-state index contributed by atoms with van der Waals surface area (Å²) < 4.78 is 32.5. The fraction of sp³-hybridized carbons (Fsp3) is 0.368. The van der Waals surface area contributed by atoms with Crippen LogP contribution in [0.4, 0.5) is 5.69 Å². The Bertz CT molecular complexity index is 1010. The summed E-state index contributed by atoms with van der Waals surface area (Å²) in [4.78, 5) is 27.1. The maximum atomic E-state index is 12.8. The fourth-order valence-electron chi connectivity index (χ4n) is 3.39. The van der Waals surface area contributed by atoms with E-state index >= 15 is 0 Å². The largest absolute Gasteiger partial charge is 0.482 e. The Morgan fingerprint density at radius 3 is 2.72 bits per heavy atom. The molecule has 154 valence electrons. The van der Waals surface area contributed by atoms with Gasteiger partial charge in [0, 0.05) is 24.0 Å². The van der Waals surface area contributed by atoms with Gasteiger partial charge in [-0.15, -0.1) is 11.3 Å². The third kappa shape index (κ3) is 4.14. The Balaban J connectivity index is 1.51. The summed E-state index contributed by atoms with van der Waals surface area (Å²) in [5.41, 5.74) is 0.396. The molecule has 2 aliphatic heterocycles. The number of hydrogen-bond donors (Lipinski definition) is 1. The normalized spacial score (nSPS) is 17.1. The highest BCUT2D eigenvalue weighted by Gasteiger charge is 2.31. The van der Waals surface area contributed by atoms with Crippen molar-refractivity contribution in [3.63, 3.8) is 0 Å². The topological polar surface area (TPSA) is 96.0 Å². The van der Waals surface area contributed by atoms with Gasteiger partial charge in [-0.05, 0) is 36.4 Å². The van der Waals surface area contributed by atoms with Crippen molar-refractivity contribution in [3.05, 3.63) is 40.6 Å². The predicted molar refractivity (Wildman–Crippen MR) is 108 cm³/mol. The molecule has 2 amide bonds. The average Bonchev–Trinajstić information content (AvgIpc) is 3.42. The monoisotopic (exact) mass is 435 g/mol. The van der Waals surface area contributed by atoms with Crippen molar-refractivity contribution < 1.29 is 22.7 Å². The molecule has 29 heavy (non-hydrogen) atoms. The first kappa shape index (κ1) is 19.9. The lowest BCUT2D eigenvalue weighted by Crippen LogP contribution is -2.45. The molecule has 0 aliphatic carbocycles. The number of rotatable bonds is 6. The second-order valence-corrected chi connectivity index (χ2v) is 9.84. The van der Waals surface area contributed by atoms with Gasteiger partial charge in [0.2, 0.25) is 15.9 Å². The summed E-state index contributed by atoms with van der Waals surface area (Å²) in [6, 6.07) is 8.25. The molecule has 1 fully saturated rings. The number of ether oxygens (including phenoxy) is 1. The van der Waals surface area contributed by atoms with E-state index in [1.54, 1.807) is 0 Å². The average molecular weight is 436 g/mol. The number of hydrogen-bond acceptors (Lipinski definition) is 6. The molecule has 2 aliphatic rings. The molecule has 0 atom stereocenters. The number of thiophene rings is 1. The minimum absolute atomic E-state index is 0.134. The minimum Gasteiger partial charge on any atom is -0.482 e. The van der Waals surface area contributed by atoms with E-state index in [1.165, 1.54) is 38.7 Å². The number of carbonyl (C=O) groups excluding carboxylic acids is 2. The van der Waals surface area contributed by atoms with Gasteiger partial charge < -0.3 is 10.1 Å². The number of amides is 2. The van der Waals surface area contributed by atoms with Crippen molar-refractivity contribution in [2.45, 2.75) is 24.3 Å². The van der Waals surface area contributed by atoms with E-state index < -0.39 is 10.0 Å². The van der Waals surface area contributed by atoms with Crippen LogP contribution in [-0.2, 0) is 26.2 Å². The number of fused-ring (bicyclic) bond motifs is 1. The molecule has 1 aromatic heterocycles. The lowest BCUT2D eigenvalue weighted by atomic mass is 10.2. The maximum Gasteiger partial charge on any atom is 0.265 e. The first-order valence-electron chi connectivity index (χ1n) is 9.31. The Morgan fingerprint density at radius 2 is 2.00 bits per heavy atom. The maximum absolute atomic E-state index is 12.8. The van der Waals surface area contributed by atoms with Crippen molar-refractivity contribution in [1.29, 1.82) is 0 Å². The molecule has 3 heterocycles. The summed E-state index contributed by atoms with van der Waals surface area (Å²) in [7, 11) is -3.59. The van der Waals surface area contributed by atoms with Crippen molar-refractivity contribution in [3.8, 4) is 5.75 Å². The molecule has 8 nitrogen and oxygen atoms in total. The lowest BCUT2D eigenvalue weighted by molar-refractivity contribution is -0.125. The Hall–Kier alpha value is -2.43. The number of sulfonamides is 1. The van der Waals surface area contributed by atoms with Crippen LogP contribution in [0.15, 0.2) is 40.6 Å². The molecule has 10 heteroatoms. The lowest BCUT2D eigenvalue weighted by Gasteiger charge is -2.29. The van der Waals surface area contributed by atoms with Gasteiger partial charge in [0.1, 0.15) is 12.3 Å². The zero-order chi connectivity index (χ0) is 20.4. The summed E-state index contributed by atoms with van der Waals surface area (Å²) >= 11 is 1.54.